The normalized spacial score (nSPS) is 25.5. The molecule has 0 aromatic rings. The predicted molar refractivity (Wildman–Crippen MR) is 444 cm³/mol. The molecular weight excluding hydrogens is 1700 g/mol. The van der Waals surface area contributed by atoms with Crippen LogP contribution in [0.25, 0.3) is 0 Å². The molecule has 9 rings (SSSR count). The van der Waals surface area contributed by atoms with Gasteiger partial charge in [-0.25, -0.2) is 0 Å². The lowest BCUT2D eigenvalue weighted by molar-refractivity contribution is -0.150. The SMILES string of the molecule is CC(C)[C@H](N)C(=O)N1CCC[C@H]1C(=O)N[C@@H](CO)C(=O)N[C@H](C(=O)N1CCC[C@H]1C(=O)N1CCC[C@H]1C(=O)N[C@H](C(=O)N1CCC[C@H]1C(=O)N[C@@H](CO)C(=O)N1CCC[C@H]1C(=O)N[C@@H](CO)C(=O)N[C@H](C(=O)N1CCC[C@H]1C(=O)N1CCC[C@H]1C(=O)N[C@H](C(=O)N1CCC[C@H]1C(=O)N[C@@H](CO)C(=O)N1CCC[C@H]1C(=O)N[C@@H](CO)C(N)=O)[C@@H](C)O)[C@@H](C)O)[C@@H](C)O)[C@@H](C)O. The Morgan fingerprint density at radius 2 is 0.457 bits per heavy atom. The van der Waals surface area contributed by atoms with E-state index in [-0.39, 0.29) is 168 Å². The van der Waals surface area contributed by atoms with Gasteiger partial charge in [-0.15, -0.1) is 0 Å². The second kappa shape index (κ2) is 45.9. The molecule has 48 heteroatoms. The minimum absolute atomic E-state index is 0.00588. The molecule has 48 nitrogen and oxygen atoms in total. The van der Waals surface area contributed by atoms with Gasteiger partial charge in [0.2, 0.25) is 112 Å². The Morgan fingerprint density at radius 3 is 0.698 bits per heavy atom. The molecule has 22 N–H and O–H groups in total. The van der Waals surface area contributed by atoms with E-state index < -0.39 is 284 Å². The van der Waals surface area contributed by atoms with E-state index in [0.29, 0.717) is 12.8 Å². The third kappa shape index (κ3) is 23.7. The van der Waals surface area contributed by atoms with Gasteiger partial charge in [0.1, 0.15) is 109 Å². The Kier molecular flexibility index (Phi) is 36.4. The topological polar surface area (TPSA) is 696 Å². The number of nitrogens with two attached hydrogens (primary N) is 2. The lowest BCUT2D eigenvalue weighted by atomic mass is 10.0. The number of nitrogens with zero attached hydrogens (tertiary/aromatic N) is 9. The van der Waals surface area contributed by atoms with Crippen LogP contribution in [0.3, 0.4) is 0 Å². The van der Waals surface area contributed by atoms with Crippen molar-refractivity contribution in [1.29, 1.82) is 0 Å². The zero-order valence-corrected chi connectivity index (χ0v) is 73.4. The summed E-state index contributed by atoms with van der Waals surface area (Å²) in [6.07, 6.45) is -3.46. The zero-order chi connectivity index (χ0) is 95.0. The van der Waals surface area contributed by atoms with Crippen LogP contribution in [-0.4, -0.2) is 433 Å². The van der Waals surface area contributed by atoms with E-state index in [4.69, 9.17) is 11.5 Å². The maximum atomic E-state index is 14.6. The van der Waals surface area contributed by atoms with Gasteiger partial charge in [-0.3, -0.25) is 91.1 Å². The number of aliphatic hydroxyl groups is 9. The first-order valence-corrected chi connectivity index (χ1v) is 44.5. The highest BCUT2D eigenvalue weighted by atomic mass is 16.3. The third-order valence-corrected chi connectivity index (χ3v) is 25.8. The van der Waals surface area contributed by atoms with Gasteiger partial charge in [-0.1, -0.05) is 13.8 Å². The van der Waals surface area contributed by atoms with Crippen LogP contribution in [-0.2, 0) is 91.1 Å². The molecule has 0 aromatic heterocycles. The van der Waals surface area contributed by atoms with Crippen LogP contribution in [0.4, 0.5) is 0 Å². The van der Waals surface area contributed by atoms with Crippen LogP contribution in [0.2, 0.25) is 0 Å². The molecule has 19 amide bonds. The molecule has 0 spiro atoms. The first-order valence-electron chi connectivity index (χ1n) is 44.5. The fourth-order valence-electron chi connectivity index (χ4n) is 18.5. The number of primary amides is 1. The summed E-state index contributed by atoms with van der Waals surface area (Å²) in [6.45, 7) is 3.22. The summed E-state index contributed by atoms with van der Waals surface area (Å²) in [4.78, 5) is 276. The first-order chi connectivity index (χ1) is 61.2. The minimum Gasteiger partial charge on any atom is -0.394 e. The highest BCUT2D eigenvalue weighted by molar-refractivity contribution is 6.03. The molecule has 9 heterocycles. The third-order valence-electron chi connectivity index (χ3n) is 25.8. The highest BCUT2D eigenvalue weighted by Gasteiger charge is 2.52. The molecule has 0 aromatic carbocycles. The smallest absolute Gasteiger partial charge is 0.248 e. The summed E-state index contributed by atoms with van der Waals surface area (Å²) in [6, 6.07) is -27.5. The molecule has 0 radical (unpaired) electrons. The Labute approximate surface area is 744 Å². The average Bonchev–Trinajstić information content (AvgIpc) is 1.65. The maximum absolute atomic E-state index is 14.6. The predicted octanol–water partition coefficient (Wildman–Crippen LogP) is -12.8. The number of carbonyl (C=O) groups excluding carboxylic acids is 19. The standard InChI is InChI=1S/C81H128N20O28/c1-39(2)58(82)77(125)97-29-11-18-51(97)68(116)86-46(36-104)65(113)90-60(41(4)108)81(129)101-33-15-24-57(101)76(124)96-28-10-22-55(96)72(120)92-62(43(6)110)79(127)99-31-13-20-53(99)70(118)88-48(38-106)74(122)94-26-8-17-50(94)67(115)85-45(35-103)64(112)89-59(40(3)107)80(128)100-32-14-23-56(100)75(123)95-27-9-21-54(95)71(119)91-61(42(5)109)78(126)98-30-12-19-52(98)69(117)87-47(37-105)73(121)93-25-7-16-49(93)66(114)84-44(34-102)63(83)111/h39-62,102-110H,7-38,82H2,1-6H3,(H2,83,111)(H,84,114)(H,85,115)(H,86,116)(H,87,117)(H,88,118)(H,89,112)(H,90,113)(H,91,119)(H,92,120)/t40-,41-,42-,43-,44+,45+,46+,47+,48+,49+,50+,51+,52+,53+,54+,55+,56+,57+,58+,59+,60+,61+,62+/m1/s1. The van der Waals surface area contributed by atoms with Crippen LogP contribution in [0.1, 0.15) is 157 Å². The number of aliphatic hydroxyl groups excluding tert-OH is 9. The fraction of sp³-hybridized carbons (Fsp3) is 0.765. The van der Waals surface area contributed by atoms with Crippen molar-refractivity contribution < 1.29 is 137 Å². The number of carbonyl (C=O) groups is 19. The van der Waals surface area contributed by atoms with Crippen molar-refractivity contribution in [2.75, 3.05) is 91.9 Å². The van der Waals surface area contributed by atoms with Crippen LogP contribution in [0.15, 0.2) is 0 Å². The van der Waals surface area contributed by atoms with E-state index in [1.54, 1.807) is 13.8 Å². The molecule has 23 atom stereocenters. The number of hydrogen-bond donors (Lipinski definition) is 20. The molecule has 9 saturated heterocycles. The van der Waals surface area contributed by atoms with Crippen molar-refractivity contribution in [3.63, 3.8) is 0 Å². The van der Waals surface area contributed by atoms with E-state index in [0.717, 1.165) is 36.3 Å². The molecule has 720 valence electrons. The molecule has 9 fully saturated rings. The number of likely N-dealkylation sites (tertiary alicyclic amines) is 9. The van der Waals surface area contributed by atoms with Crippen LogP contribution >= 0.6 is 0 Å². The largest absolute Gasteiger partial charge is 0.394 e. The van der Waals surface area contributed by atoms with Crippen LogP contribution < -0.4 is 59.3 Å². The Balaban J connectivity index is 0.757. The van der Waals surface area contributed by atoms with E-state index in [2.05, 4.69) is 47.9 Å². The summed E-state index contributed by atoms with van der Waals surface area (Å²) in [5, 5.41) is 117. The van der Waals surface area contributed by atoms with Crippen molar-refractivity contribution in [2.45, 2.75) is 296 Å². The van der Waals surface area contributed by atoms with Crippen molar-refractivity contribution in [3.8, 4) is 0 Å². The monoisotopic (exact) mass is 1830 g/mol. The molecular formula is C81H128N20O28. The van der Waals surface area contributed by atoms with Crippen molar-refractivity contribution in [3.05, 3.63) is 0 Å². The summed E-state index contributed by atoms with van der Waals surface area (Å²) in [5.74, 6) is -17.2. The van der Waals surface area contributed by atoms with Gasteiger partial charge in [0.25, 0.3) is 0 Å². The lowest BCUT2D eigenvalue weighted by Crippen LogP contribution is -2.63. The fourth-order valence-corrected chi connectivity index (χ4v) is 18.5. The quantitative estimate of drug-likeness (QED) is 0.0273. The average molecular weight is 1830 g/mol. The lowest BCUT2D eigenvalue weighted by Gasteiger charge is -2.35. The Bertz CT molecular complexity index is 4140. The Morgan fingerprint density at radius 1 is 0.264 bits per heavy atom. The summed E-state index contributed by atoms with van der Waals surface area (Å²) in [5.41, 5.74) is 11.3. The molecule has 129 heavy (non-hydrogen) atoms. The van der Waals surface area contributed by atoms with Gasteiger partial charge in [-0.05, 0) is 149 Å². The zero-order valence-electron chi connectivity index (χ0n) is 73.4. The van der Waals surface area contributed by atoms with E-state index in [9.17, 15) is 137 Å². The van der Waals surface area contributed by atoms with E-state index in [1.807, 2.05) is 0 Å². The van der Waals surface area contributed by atoms with E-state index >= 15 is 0 Å². The summed E-state index contributed by atoms with van der Waals surface area (Å²) in [7, 11) is 0. The van der Waals surface area contributed by atoms with Gasteiger partial charge in [0, 0.05) is 58.9 Å². The first kappa shape index (κ1) is 102. The van der Waals surface area contributed by atoms with Crippen molar-refractivity contribution in [1.82, 2.24) is 92.0 Å². The number of rotatable bonds is 38. The maximum Gasteiger partial charge on any atom is 0.248 e. The molecule has 0 bridgehead atoms. The minimum atomic E-state index is -1.86. The van der Waals surface area contributed by atoms with Gasteiger partial charge < -0.3 is 149 Å². The van der Waals surface area contributed by atoms with Gasteiger partial charge in [0.15, 0.2) is 0 Å². The van der Waals surface area contributed by atoms with Crippen LogP contribution in [0.5, 0.6) is 0 Å². The number of amides is 19. The Hall–Kier alpha value is -10.5. The van der Waals surface area contributed by atoms with Gasteiger partial charge >= 0.3 is 0 Å². The molecule has 9 aliphatic heterocycles. The van der Waals surface area contributed by atoms with E-state index in [1.165, 1.54) is 35.5 Å². The number of nitrogens with one attached hydrogen (secondary N) is 9. The molecule has 0 saturated carbocycles. The van der Waals surface area contributed by atoms with Gasteiger partial charge in [-0.2, -0.15) is 0 Å². The van der Waals surface area contributed by atoms with Gasteiger partial charge in [0.05, 0.1) is 63.5 Å². The van der Waals surface area contributed by atoms with Crippen molar-refractivity contribution >= 4 is 112 Å². The van der Waals surface area contributed by atoms with Crippen LogP contribution in [0, 0.1) is 5.92 Å². The highest BCUT2D eigenvalue weighted by Crippen LogP contribution is 2.32. The van der Waals surface area contributed by atoms with Crippen molar-refractivity contribution in [2.24, 2.45) is 17.4 Å². The molecule has 0 unspecified atom stereocenters. The summed E-state index contributed by atoms with van der Waals surface area (Å²) < 4.78 is 0. The molecule has 0 aliphatic carbocycles. The summed E-state index contributed by atoms with van der Waals surface area (Å²) >= 11 is 0. The second-order valence-corrected chi connectivity index (χ2v) is 35.0. The molecule has 9 aliphatic rings. The second-order valence-electron chi connectivity index (χ2n) is 35.0. The number of hydrogen-bond acceptors (Lipinski definition) is 29.